The number of halogens is 2. The van der Waals surface area contributed by atoms with E-state index < -0.39 is 0 Å². The summed E-state index contributed by atoms with van der Waals surface area (Å²) in [6, 6.07) is 5.39. The molecule has 0 N–H and O–H groups in total. The van der Waals surface area contributed by atoms with Crippen LogP contribution in [0.15, 0.2) is 18.2 Å². The Morgan fingerprint density at radius 2 is 1.96 bits per heavy atom. The van der Waals surface area contributed by atoms with Gasteiger partial charge in [0.25, 0.3) is 0 Å². The quantitative estimate of drug-likeness (QED) is 0.764. The SMILES string of the molecule is O=C(Cc1ccc(Cl)c(Cl)c1)N1CCC[C@@H](c2nnc3n2CCCCC3)C1. The third-order valence-electron chi connectivity index (χ3n) is 5.62. The fourth-order valence-corrected chi connectivity index (χ4v) is 4.48. The predicted octanol–water partition coefficient (Wildman–Crippen LogP) is 4.26. The smallest absolute Gasteiger partial charge is 0.227 e. The van der Waals surface area contributed by atoms with Gasteiger partial charge in [-0.15, -0.1) is 10.2 Å². The lowest BCUT2D eigenvalue weighted by molar-refractivity contribution is -0.131. The van der Waals surface area contributed by atoms with Gasteiger partial charge in [-0.1, -0.05) is 35.7 Å². The van der Waals surface area contributed by atoms with Crippen molar-refractivity contribution in [2.24, 2.45) is 0 Å². The van der Waals surface area contributed by atoms with Crippen LogP contribution in [-0.4, -0.2) is 38.7 Å². The summed E-state index contributed by atoms with van der Waals surface area (Å²) < 4.78 is 2.31. The number of benzene rings is 1. The Morgan fingerprint density at radius 3 is 2.81 bits per heavy atom. The van der Waals surface area contributed by atoms with Gasteiger partial charge in [-0.25, -0.2) is 0 Å². The summed E-state index contributed by atoms with van der Waals surface area (Å²) in [4.78, 5) is 14.8. The maximum Gasteiger partial charge on any atom is 0.227 e. The van der Waals surface area contributed by atoms with Crippen molar-refractivity contribution in [3.05, 3.63) is 45.5 Å². The van der Waals surface area contributed by atoms with Crippen molar-refractivity contribution in [2.45, 2.75) is 57.4 Å². The first-order valence-electron chi connectivity index (χ1n) is 9.75. The van der Waals surface area contributed by atoms with E-state index in [0.717, 1.165) is 56.1 Å². The van der Waals surface area contributed by atoms with E-state index >= 15 is 0 Å². The molecular weight excluding hydrogens is 383 g/mol. The Kier molecular flexibility index (Phi) is 5.69. The van der Waals surface area contributed by atoms with Gasteiger partial charge < -0.3 is 9.47 Å². The predicted molar refractivity (Wildman–Crippen MR) is 106 cm³/mol. The molecule has 1 amide bonds. The van der Waals surface area contributed by atoms with Crippen LogP contribution in [-0.2, 0) is 24.2 Å². The Balaban J connectivity index is 1.45. The Labute approximate surface area is 169 Å². The highest BCUT2D eigenvalue weighted by molar-refractivity contribution is 6.42. The Morgan fingerprint density at radius 1 is 1.07 bits per heavy atom. The topological polar surface area (TPSA) is 51.0 Å². The molecule has 0 spiro atoms. The van der Waals surface area contributed by atoms with Crippen LogP contribution in [0.5, 0.6) is 0 Å². The van der Waals surface area contributed by atoms with Crippen molar-refractivity contribution in [2.75, 3.05) is 13.1 Å². The number of nitrogens with zero attached hydrogens (tertiary/aromatic N) is 4. The van der Waals surface area contributed by atoms with Crippen LogP contribution in [0.4, 0.5) is 0 Å². The normalized spacial score (nSPS) is 20.2. The van der Waals surface area contributed by atoms with Crippen molar-refractivity contribution in [3.8, 4) is 0 Å². The molecule has 2 aliphatic rings. The summed E-state index contributed by atoms with van der Waals surface area (Å²) in [6.07, 6.45) is 7.05. The van der Waals surface area contributed by atoms with Gasteiger partial charge in [-0.05, 0) is 43.4 Å². The molecule has 0 aliphatic carbocycles. The molecule has 5 nitrogen and oxygen atoms in total. The molecule has 3 heterocycles. The fraction of sp³-hybridized carbons (Fsp3) is 0.550. The van der Waals surface area contributed by atoms with Crippen molar-refractivity contribution >= 4 is 29.1 Å². The second kappa shape index (κ2) is 8.19. The average Bonchev–Trinajstić information content (AvgIpc) is 2.93. The van der Waals surface area contributed by atoms with Crippen LogP contribution < -0.4 is 0 Å². The lowest BCUT2D eigenvalue weighted by Crippen LogP contribution is -2.40. The number of fused-ring (bicyclic) bond motifs is 1. The summed E-state index contributed by atoms with van der Waals surface area (Å²) >= 11 is 12.0. The molecule has 0 bridgehead atoms. The molecule has 0 saturated carbocycles. The summed E-state index contributed by atoms with van der Waals surface area (Å²) in [5, 5.41) is 9.94. The number of amides is 1. The zero-order valence-corrected chi connectivity index (χ0v) is 16.8. The van der Waals surface area contributed by atoms with E-state index in [9.17, 15) is 4.79 Å². The first-order valence-corrected chi connectivity index (χ1v) is 10.5. The van der Waals surface area contributed by atoms with Gasteiger partial charge >= 0.3 is 0 Å². The van der Waals surface area contributed by atoms with Gasteiger partial charge in [0.1, 0.15) is 11.6 Å². The minimum atomic E-state index is 0.133. The van der Waals surface area contributed by atoms with Crippen molar-refractivity contribution < 1.29 is 4.79 Å². The van der Waals surface area contributed by atoms with Gasteiger partial charge in [0.15, 0.2) is 0 Å². The van der Waals surface area contributed by atoms with Crippen molar-refractivity contribution in [1.29, 1.82) is 0 Å². The largest absolute Gasteiger partial charge is 0.342 e. The Hall–Kier alpha value is -1.59. The maximum atomic E-state index is 12.8. The van der Waals surface area contributed by atoms with Crippen LogP contribution in [0.1, 0.15) is 55.2 Å². The minimum absolute atomic E-state index is 0.133. The van der Waals surface area contributed by atoms with Gasteiger partial charge in [-0.3, -0.25) is 4.79 Å². The van der Waals surface area contributed by atoms with E-state index in [2.05, 4.69) is 14.8 Å². The lowest BCUT2D eigenvalue weighted by Gasteiger charge is -2.32. The number of hydrogen-bond donors (Lipinski definition) is 0. The number of piperidine rings is 1. The first-order chi connectivity index (χ1) is 13.1. The van der Waals surface area contributed by atoms with E-state index in [0.29, 0.717) is 16.5 Å². The summed E-state index contributed by atoms with van der Waals surface area (Å²) in [5.41, 5.74) is 0.896. The summed E-state index contributed by atoms with van der Waals surface area (Å²) in [7, 11) is 0. The average molecular weight is 407 g/mol. The number of likely N-dealkylation sites (tertiary alicyclic amines) is 1. The van der Waals surface area contributed by atoms with E-state index in [1.165, 1.54) is 19.3 Å². The molecule has 144 valence electrons. The highest BCUT2D eigenvalue weighted by Crippen LogP contribution is 2.29. The molecule has 1 aromatic heterocycles. The van der Waals surface area contributed by atoms with E-state index in [4.69, 9.17) is 23.2 Å². The second-order valence-corrected chi connectivity index (χ2v) is 8.36. The highest BCUT2D eigenvalue weighted by atomic mass is 35.5. The number of aromatic nitrogens is 3. The number of aryl methyl sites for hydroxylation is 1. The van der Waals surface area contributed by atoms with Crippen molar-refractivity contribution in [3.63, 3.8) is 0 Å². The molecule has 2 aliphatic heterocycles. The van der Waals surface area contributed by atoms with Gasteiger partial charge in [0, 0.05) is 32.0 Å². The number of hydrogen-bond acceptors (Lipinski definition) is 3. The van der Waals surface area contributed by atoms with E-state index in [1.807, 2.05) is 11.0 Å². The maximum absolute atomic E-state index is 12.8. The van der Waals surface area contributed by atoms with Crippen LogP contribution in [0.25, 0.3) is 0 Å². The Bertz CT molecular complexity index is 835. The molecule has 1 fully saturated rings. The molecule has 2 aromatic rings. The van der Waals surface area contributed by atoms with E-state index in [1.54, 1.807) is 12.1 Å². The number of rotatable bonds is 3. The van der Waals surface area contributed by atoms with Gasteiger partial charge in [-0.2, -0.15) is 0 Å². The minimum Gasteiger partial charge on any atom is -0.342 e. The van der Waals surface area contributed by atoms with Crippen LogP contribution in [0.2, 0.25) is 10.0 Å². The lowest BCUT2D eigenvalue weighted by atomic mass is 9.96. The van der Waals surface area contributed by atoms with Gasteiger partial charge in [0.2, 0.25) is 5.91 Å². The number of carbonyl (C=O) groups excluding carboxylic acids is 1. The van der Waals surface area contributed by atoms with Crippen LogP contribution in [0.3, 0.4) is 0 Å². The molecular formula is C20H24Cl2N4O. The molecule has 7 heteroatoms. The first kappa shape index (κ1) is 18.8. The highest BCUT2D eigenvalue weighted by Gasteiger charge is 2.29. The summed E-state index contributed by atoms with van der Waals surface area (Å²) in [6.45, 7) is 2.53. The molecule has 1 saturated heterocycles. The van der Waals surface area contributed by atoms with Crippen molar-refractivity contribution in [1.82, 2.24) is 19.7 Å². The molecule has 4 rings (SSSR count). The zero-order chi connectivity index (χ0) is 18.8. The molecule has 0 radical (unpaired) electrons. The van der Waals surface area contributed by atoms with E-state index in [-0.39, 0.29) is 11.8 Å². The molecule has 1 aromatic carbocycles. The summed E-state index contributed by atoms with van der Waals surface area (Å²) in [5.74, 6) is 2.59. The molecule has 27 heavy (non-hydrogen) atoms. The third kappa shape index (κ3) is 4.14. The number of carbonyl (C=O) groups is 1. The standard InChI is InChI=1S/C20H24Cl2N4O/c21-16-8-7-14(11-17(16)22)12-19(27)25-9-4-5-15(13-25)20-24-23-18-6-2-1-3-10-26(18)20/h7-8,11,15H,1-6,9-10,12-13H2/t15-/m1/s1. The van der Waals surface area contributed by atoms with Crippen LogP contribution >= 0.6 is 23.2 Å². The zero-order valence-electron chi connectivity index (χ0n) is 15.3. The van der Waals surface area contributed by atoms with Crippen LogP contribution in [0, 0.1) is 0 Å². The molecule has 1 atom stereocenters. The second-order valence-electron chi connectivity index (χ2n) is 7.54. The van der Waals surface area contributed by atoms with Gasteiger partial charge in [0.05, 0.1) is 16.5 Å². The molecule has 0 unspecified atom stereocenters. The third-order valence-corrected chi connectivity index (χ3v) is 6.36. The monoisotopic (exact) mass is 406 g/mol. The fourth-order valence-electron chi connectivity index (χ4n) is 4.16.